The van der Waals surface area contributed by atoms with Gasteiger partial charge in [-0.3, -0.25) is 4.79 Å². The van der Waals surface area contributed by atoms with Crippen molar-refractivity contribution in [2.75, 3.05) is 5.73 Å². The van der Waals surface area contributed by atoms with Crippen LogP contribution in [0.3, 0.4) is 0 Å². The predicted molar refractivity (Wildman–Crippen MR) is 52.8 cm³/mol. The number of nitrogen functional groups attached to an aromatic ring is 1. The Hall–Kier alpha value is -1.71. The van der Waals surface area contributed by atoms with Crippen LogP contribution in [-0.2, 0) is 11.2 Å². The zero-order valence-electron chi connectivity index (χ0n) is 7.69. The molecule has 4 heteroatoms. The second kappa shape index (κ2) is 3.21. The van der Waals surface area contributed by atoms with Crippen LogP contribution in [0.4, 0.5) is 5.69 Å². The Morgan fingerprint density at radius 2 is 2.29 bits per heavy atom. The van der Waals surface area contributed by atoms with Crippen LogP contribution in [0.1, 0.15) is 12.0 Å². The molecule has 2 rings (SSSR count). The number of anilines is 1. The van der Waals surface area contributed by atoms with Crippen molar-refractivity contribution < 1.29 is 9.53 Å². The Bertz CT molecular complexity index is 376. The average molecular weight is 192 g/mol. The molecule has 1 amide bonds. The van der Waals surface area contributed by atoms with Crippen molar-refractivity contribution >= 4 is 11.6 Å². The van der Waals surface area contributed by atoms with E-state index in [2.05, 4.69) is 0 Å². The number of primary amides is 1. The van der Waals surface area contributed by atoms with Gasteiger partial charge < -0.3 is 16.2 Å². The van der Waals surface area contributed by atoms with E-state index in [-0.39, 0.29) is 0 Å². The highest BCUT2D eigenvalue weighted by atomic mass is 16.5. The van der Waals surface area contributed by atoms with Gasteiger partial charge in [0.2, 0.25) is 0 Å². The summed E-state index contributed by atoms with van der Waals surface area (Å²) in [4.78, 5) is 10.9. The predicted octanol–water partition coefficient (Wildman–Crippen LogP) is 0.448. The summed E-state index contributed by atoms with van der Waals surface area (Å²) in [6.07, 6.45) is 0.922. The molecule has 1 aromatic rings. The van der Waals surface area contributed by atoms with Crippen molar-refractivity contribution in [3.8, 4) is 5.75 Å². The smallest absolute Gasteiger partial charge is 0.258 e. The third kappa shape index (κ3) is 1.51. The number of hydrogen-bond donors (Lipinski definition) is 2. The van der Waals surface area contributed by atoms with Gasteiger partial charge in [-0.1, -0.05) is 0 Å². The van der Waals surface area contributed by atoms with E-state index in [0.717, 1.165) is 12.0 Å². The molecular weight excluding hydrogens is 180 g/mol. The van der Waals surface area contributed by atoms with Crippen LogP contribution in [-0.4, -0.2) is 12.0 Å². The molecule has 1 atom stereocenters. The van der Waals surface area contributed by atoms with E-state index in [1.807, 2.05) is 6.07 Å². The van der Waals surface area contributed by atoms with Crippen LogP contribution in [0.5, 0.6) is 5.75 Å². The van der Waals surface area contributed by atoms with Gasteiger partial charge in [0.1, 0.15) is 5.75 Å². The molecule has 74 valence electrons. The van der Waals surface area contributed by atoms with Crippen molar-refractivity contribution in [2.24, 2.45) is 5.73 Å². The average Bonchev–Trinajstić information content (AvgIpc) is 2.16. The Morgan fingerprint density at radius 3 is 3.00 bits per heavy atom. The van der Waals surface area contributed by atoms with E-state index in [4.69, 9.17) is 16.2 Å². The number of ether oxygens (including phenoxy) is 1. The summed E-state index contributed by atoms with van der Waals surface area (Å²) in [5.41, 5.74) is 12.6. The second-order valence-electron chi connectivity index (χ2n) is 3.41. The van der Waals surface area contributed by atoms with Crippen LogP contribution >= 0.6 is 0 Å². The van der Waals surface area contributed by atoms with Gasteiger partial charge in [0.25, 0.3) is 5.91 Å². The van der Waals surface area contributed by atoms with E-state index < -0.39 is 12.0 Å². The standard InChI is InChI=1S/C10H12N2O2/c11-7-2-4-8-6(5-7)1-3-9(14-8)10(12)13/h2,4-5,9H,1,3,11H2,(H2,12,13). The number of fused-ring (bicyclic) bond motifs is 1. The Labute approximate surface area is 81.8 Å². The van der Waals surface area contributed by atoms with Crippen LogP contribution in [0.2, 0.25) is 0 Å². The van der Waals surface area contributed by atoms with Crippen LogP contribution < -0.4 is 16.2 Å². The highest BCUT2D eigenvalue weighted by Gasteiger charge is 2.23. The molecule has 0 saturated heterocycles. The summed E-state index contributed by atoms with van der Waals surface area (Å²) in [5, 5.41) is 0. The summed E-state index contributed by atoms with van der Waals surface area (Å²) < 4.78 is 5.42. The lowest BCUT2D eigenvalue weighted by Gasteiger charge is -2.23. The molecule has 0 saturated carbocycles. The molecular formula is C10H12N2O2. The van der Waals surface area contributed by atoms with Gasteiger partial charge in [-0.05, 0) is 36.6 Å². The fourth-order valence-electron chi connectivity index (χ4n) is 1.61. The largest absolute Gasteiger partial charge is 0.480 e. The van der Waals surface area contributed by atoms with E-state index >= 15 is 0 Å². The quantitative estimate of drug-likeness (QED) is 0.634. The SMILES string of the molecule is NC(=O)C1CCc2cc(N)ccc2O1. The van der Waals surface area contributed by atoms with Gasteiger partial charge in [0.15, 0.2) is 6.10 Å². The summed E-state index contributed by atoms with van der Waals surface area (Å²) >= 11 is 0. The first-order valence-electron chi connectivity index (χ1n) is 4.51. The number of nitrogens with two attached hydrogens (primary N) is 2. The van der Waals surface area contributed by atoms with Gasteiger partial charge in [0, 0.05) is 5.69 Å². The molecule has 1 unspecified atom stereocenters. The van der Waals surface area contributed by atoms with Crippen molar-refractivity contribution in [3.05, 3.63) is 23.8 Å². The first kappa shape index (κ1) is 8.87. The Balaban J connectivity index is 2.27. The zero-order chi connectivity index (χ0) is 10.1. The maximum absolute atomic E-state index is 10.9. The third-order valence-corrected chi connectivity index (χ3v) is 2.35. The number of aryl methyl sites for hydroxylation is 1. The highest BCUT2D eigenvalue weighted by Crippen LogP contribution is 2.28. The fourth-order valence-corrected chi connectivity index (χ4v) is 1.61. The van der Waals surface area contributed by atoms with Gasteiger partial charge in [0.05, 0.1) is 0 Å². The molecule has 0 aromatic heterocycles. The maximum atomic E-state index is 10.9. The second-order valence-corrected chi connectivity index (χ2v) is 3.41. The Kier molecular flexibility index (Phi) is 2.04. The molecule has 0 fully saturated rings. The van der Waals surface area contributed by atoms with Gasteiger partial charge in [-0.25, -0.2) is 0 Å². The fraction of sp³-hybridized carbons (Fsp3) is 0.300. The highest BCUT2D eigenvalue weighted by molar-refractivity contribution is 5.79. The molecule has 1 aromatic carbocycles. The molecule has 1 aliphatic rings. The van der Waals surface area contributed by atoms with Gasteiger partial charge in [-0.15, -0.1) is 0 Å². The van der Waals surface area contributed by atoms with Crippen molar-refractivity contribution in [1.29, 1.82) is 0 Å². The molecule has 0 aliphatic carbocycles. The summed E-state index contributed by atoms with van der Waals surface area (Å²) in [6.45, 7) is 0. The lowest BCUT2D eigenvalue weighted by atomic mass is 10.0. The van der Waals surface area contributed by atoms with Gasteiger partial charge >= 0.3 is 0 Å². The molecule has 0 radical (unpaired) electrons. The summed E-state index contributed by atoms with van der Waals surface area (Å²) in [6, 6.07) is 5.40. The number of carbonyl (C=O) groups excluding carboxylic acids is 1. The number of amides is 1. The minimum atomic E-state index is -0.494. The topological polar surface area (TPSA) is 78.3 Å². The van der Waals surface area contributed by atoms with Crippen molar-refractivity contribution in [3.63, 3.8) is 0 Å². The summed E-state index contributed by atoms with van der Waals surface area (Å²) in [7, 11) is 0. The minimum Gasteiger partial charge on any atom is -0.480 e. The molecule has 14 heavy (non-hydrogen) atoms. The van der Waals surface area contributed by atoms with E-state index in [9.17, 15) is 4.79 Å². The zero-order valence-corrected chi connectivity index (χ0v) is 7.69. The van der Waals surface area contributed by atoms with E-state index in [1.54, 1.807) is 12.1 Å². The van der Waals surface area contributed by atoms with Gasteiger partial charge in [-0.2, -0.15) is 0 Å². The Morgan fingerprint density at radius 1 is 1.50 bits per heavy atom. The van der Waals surface area contributed by atoms with E-state index in [0.29, 0.717) is 17.9 Å². The first-order valence-corrected chi connectivity index (χ1v) is 4.51. The molecule has 4 N–H and O–H groups in total. The van der Waals surface area contributed by atoms with Crippen LogP contribution in [0.15, 0.2) is 18.2 Å². The lowest BCUT2D eigenvalue weighted by Crippen LogP contribution is -2.36. The monoisotopic (exact) mass is 192 g/mol. The molecule has 0 spiro atoms. The summed E-state index contributed by atoms with van der Waals surface area (Å²) in [5.74, 6) is 0.307. The number of carbonyl (C=O) groups is 1. The molecule has 1 aliphatic heterocycles. The molecule has 1 heterocycles. The van der Waals surface area contributed by atoms with Crippen LogP contribution in [0.25, 0.3) is 0 Å². The molecule has 0 bridgehead atoms. The third-order valence-electron chi connectivity index (χ3n) is 2.35. The van der Waals surface area contributed by atoms with Crippen molar-refractivity contribution in [1.82, 2.24) is 0 Å². The normalized spacial score (nSPS) is 19.6. The first-order chi connectivity index (χ1) is 6.66. The van der Waals surface area contributed by atoms with E-state index in [1.165, 1.54) is 0 Å². The lowest BCUT2D eigenvalue weighted by molar-refractivity contribution is -0.125. The number of rotatable bonds is 1. The van der Waals surface area contributed by atoms with Crippen LogP contribution in [0, 0.1) is 0 Å². The maximum Gasteiger partial charge on any atom is 0.258 e. The number of benzene rings is 1. The van der Waals surface area contributed by atoms with Crippen molar-refractivity contribution in [2.45, 2.75) is 18.9 Å². The number of hydrogen-bond acceptors (Lipinski definition) is 3. The molecule has 4 nitrogen and oxygen atoms in total. The minimum absolute atomic E-state index is 0.410.